The second-order valence-corrected chi connectivity index (χ2v) is 3.47. The molecule has 0 bridgehead atoms. The molecule has 0 aromatic rings. The fraction of sp³-hybridized carbons (Fsp3) is 0.700. The van der Waals surface area contributed by atoms with E-state index in [-0.39, 0.29) is 5.78 Å². The number of aliphatic hydroxyl groups is 1. The molecule has 1 N–H and O–H groups in total. The van der Waals surface area contributed by atoms with Gasteiger partial charge in [-0.3, -0.25) is 4.79 Å². The summed E-state index contributed by atoms with van der Waals surface area (Å²) in [6.07, 6.45) is 8.55. The molecule has 0 spiro atoms. The molecule has 0 atom stereocenters. The van der Waals surface area contributed by atoms with Crippen molar-refractivity contribution in [3.8, 4) is 12.3 Å². The van der Waals surface area contributed by atoms with Crippen molar-refractivity contribution in [1.29, 1.82) is 0 Å². The van der Waals surface area contributed by atoms with Gasteiger partial charge in [0.05, 0.1) is 5.60 Å². The number of rotatable bonds is 2. The van der Waals surface area contributed by atoms with Gasteiger partial charge in [-0.1, -0.05) is 0 Å². The molecule has 1 rings (SSSR count). The van der Waals surface area contributed by atoms with E-state index in [1.165, 1.54) is 0 Å². The van der Waals surface area contributed by atoms with Gasteiger partial charge in [0, 0.05) is 19.3 Å². The van der Waals surface area contributed by atoms with Crippen molar-refractivity contribution < 1.29 is 9.90 Å². The molecule has 2 nitrogen and oxygen atoms in total. The Hall–Kier alpha value is -0.810. The minimum absolute atomic E-state index is 0.264. The van der Waals surface area contributed by atoms with Gasteiger partial charge in [-0.05, 0) is 19.3 Å². The van der Waals surface area contributed by atoms with Gasteiger partial charge in [-0.25, -0.2) is 0 Å². The van der Waals surface area contributed by atoms with Crippen LogP contribution in [0.3, 0.4) is 0 Å². The summed E-state index contributed by atoms with van der Waals surface area (Å²) < 4.78 is 0. The largest absolute Gasteiger partial charge is 0.390 e. The summed E-state index contributed by atoms with van der Waals surface area (Å²) in [5.41, 5.74) is -0.652. The molecule has 1 saturated carbocycles. The molecule has 0 aromatic heterocycles. The quantitative estimate of drug-likeness (QED) is 0.627. The highest BCUT2D eigenvalue weighted by atomic mass is 16.3. The first-order valence-corrected chi connectivity index (χ1v) is 4.34. The van der Waals surface area contributed by atoms with Crippen molar-refractivity contribution in [2.75, 3.05) is 0 Å². The lowest BCUT2D eigenvalue weighted by molar-refractivity contribution is -0.125. The van der Waals surface area contributed by atoms with Gasteiger partial charge in [-0.15, -0.1) is 12.3 Å². The summed E-state index contributed by atoms with van der Waals surface area (Å²) in [5.74, 6) is 2.77. The number of carbonyl (C=O) groups excluding carboxylic acids is 1. The van der Waals surface area contributed by atoms with E-state index in [2.05, 4.69) is 5.92 Å². The molecule has 0 aliphatic heterocycles. The van der Waals surface area contributed by atoms with Crippen molar-refractivity contribution in [2.24, 2.45) is 0 Å². The van der Waals surface area contributed by atoms with E-state index < -0.39 is 5.60 Å². The van der Waals surface area contributed by atoms with Gasteiger partial charge in [0.1, 0.15) is 5.78 Å². The average molecular weight is 166 g/mol. The van der Waals surface area contributed by atoms with Crippen LogP contribution >= 0.6 is 0 Å². The fourth-order valence-electron chi connectivity index (χ4n) is 1.55. The predicted molar refractivity (Wildman–Crippen MR) is 46.5 cm³/mol. The number of terminal acetylenes is 1. The fourth-order valence-corrected chi connectivity index (χ4v) is 1.55. The molecule has 0 amide bonds. The van der Waals surface area contributed by atoms with Gasteiger partial charge in [0.2, 0.25) is 0 Å². The monoisotopic (exact) mass is 166 g/mol. The molecular formula is C10H14O2. The number of carbonyl (C=O) groups is 1. The van der Waals surface area contributed by atoms with Crippen LogP contribution in [0.5, 0.6) is 0 Å². The molecule has 0 radical (unpaired) electrons. The number of hydrogen-bond acceptors (Lipinski definition) is 2. The van der Waals surface area contributed by atoms with Gasteiger partial charge in [-0.2, -0.15) is 0 Å². The van der Waals surface area contributed by atoms with E-state index in [0.29, 0.717) is 38.5 Å². The number of hydrogen-bond donors (Lipinski definition) is 1. The van der Waals surface area contributed by atoms with Crippen LogP contribution in [0.15, 0.2) is 0 Å². The standard InChI is InChI=1S/C10H14O2/c1-2-3-6-10(12)7-4-9(11)5-8-10/h1,12H,3-8H2. The Bertz CT molecular complexity index is 202. The highest BCUT2D eigenvalue weighted by Crippen LogP contribution is 2.29. The minimum Gasteiger partial charge on any atom is -0.390 e. The summed E-state index contributed by atoms with van der Waals surface area (Å²) in [6, 6.07) is 0. The number of Topliss-reactive ketones (excluding diaryl/α,β-unsaturated/α-hetero) is 1. The third-order valence-electron chi connectivity index (χ3n) is 2.47. The summed E-state index contributed by atoms with van der Waals surface area (Å²) in [5, 5.41) is 9.87. The van der Waals surface area contributed by atoms with Gasteiger partial charge in [0.15, 0.2) is 0 Å². The number of ketones is 1. The molecule has 12 heavy (non-hydrogen) atoms. The van der Waals surface area contributed by atoms with Gasteiger partial charge in [0.25, 0.3) is 0 Å². The maximum absolute atomic E-state index is 10.9. The summed E-state index contributed by atoms with van der Waals surface area (Å²) in [6.45, 7) is 0. The van der Waals surface area contributed by atoms with Crippen LogP contribution in [-0.4, -0.2) is 16.5 Å². The highest BCUT2D eigenvalue weighted by molar-refractivity contribution is 5.79. The Morgan fingerprint density at radius 3 is 2.58 bits per heavy atom. The van der Waals surface area contributed by atoms with Crippen LogP contribution in [0.4, 0.5) is 0 Å². The molecule has 1 aliphatic carbocycles. The lowest BCUT2D eigenvalue weighted by Crippen LogP contribution is -2.33. The summed E-state index contributed by atoms with van der Waals surface area (Å²) in [4.78, 5) is 10.9. The molecule has 0 unspecified atom stereocenters. The first-order valence-electron chi connectivity index (χ1n) is 4.34. The molecule has 1 fully saturated rings. The Balaban J connectivity index is 2.40. The van der Waals surface area contributed by atoms with Crippen LogP contribution in [0.1, 0.15) is 38.5 Å². The second kappa shape index (κ2) is 3.73. The van der Waals surface area contributed by atoms with Crippen molar-refractivity contribution in [3.63, 3.8) is 0 Å². The van der Waals surface area contributed by atoms with Gasteiger partial charge < -0.3 is 5.11 Å². The van der Waals surface area contributed by atoms with E-state index in [4.69, 9.17) is 6.42 Å². The van der Waals surface area contributed by atoms with Crippen molar-refractivity contribution >= 4 is 5.78 Å². The van der Waals surface area contributed by atoms with E-state index in [0.717, 1.165) is 0 Å². The maximum Gasteiger partial charge on any atom is 0.133 e. The van der Waals surface area contributed by atoms with Gasteiger partial charge >= 0.3 is 0 Å². The maximum atomic E-state index is 10.9. The van der Waals surface area contributed by atoms with Crippen molar-refractivity contribution in [3.05, 3.63) is 0 Å². The van der Waals surface area contributed by atoms with E-state index >= 15 is 0 Å². The van der Waals surface area contributed by atoms with E-state index in [1.807, 2.05) is 0 Å². The van der Waals surface area contributed by atoms with Crippen LogP contribution < -0.4 is 0 Å². The molecule has 1 aliphatic rings. The molecular weight excluding hydrogens is 152 g/mol. The smallest absolute Gasteiger partial charge is 0.133 e. The SMILES string of the molecule is C#CCCC1(O)CCC(=O)CC1. The first kappa shape index (κ1) is 9.28. The van der Waals surface area contributed by atoms with Crippen molar-refractivity contribution in [1.82, 2.24) is 0 Å². The zero-order valence-corrected chi connectivity index (χ0v) is 7.18. The lowest BCUT2D eigenvalue weighted by Gasteiger charge is -2.30. The molecule has 2 heteroatoms. The summed E-state index contributed by atoms with van der Waals surface area (Å²) >= 11 is 0. The molecule has 0 heterocycles. The van der Waals surface area contributed by atoms with E-state index in [1.54, 1.807) is 0 Å². The lowest BCUT2D eigenvalue weighted by atomic mass is 9.81. The van der Waals surface area contributed by atoms with E-state index in [9.17, 15) is 9.90 Å². The van der Waals surface area contributed by atoms with Crippen molar-refractivity contribution in [2.45, 2.75) is 44.1 Å². The topological polar surface area (TPSA) is 37.3 Å². The Labute approximate surface area is 73.0 Å². The third kappa shape index (κ3) is 2.35. The summed E-state index contributed by atoms with van der Waals surface area (Å²) in [7, 11) is 0. The minimum atomic E-state index is -0.652. The zero-order chi connectivity index (χ0) is 9.03. The average Bonchev–Trinajstić information content (AvgIpc) is 2.08. The van der Waals surface area contributed by atoms with Crippen LogP contribution in [0, 0.1) is 12.3 Å². The Morgan fingerprint density at radius 1 is 1.50 bits per heavy atom. The zero-order valence-electron chi connectivity index (χ0n) is 7.18. The van der Waals surface area contributed by atoms with Crippen LogP contribution in [-0.2, 0) is 4.79 Å². The Morgan fingerprint density at radius 2 is 2.08 bits per heavy atom. The predicted octanol–water partition coefficient (Wildman–Crippen LogP) is 1.27. The molecule has 66 valence electrons. The third-order valence-corrected chi connectivity index (χ3v) is 2.47. The second-order valence-electron chi connectivity index (χ2n) is 3.47. The van der Waals surface area contributed by atoms with Crippen LogP contribution in [0.25, 0.3) is 0 Å². The normalized spacial score (nSPS) is 21.8. The molecule has 0 saturated heterocycles. The van der Waals surface area contributed by atoms with Crippen LogP contribution in [0.2, 0.25) is 0 Å². The Kier molecular flexibility index (Phi) is 2.88. The highest BCUT2D eigenvalue weighted by Gasteiger charge is 2.31. The first-order chi connectivity index (χ1) is 5.66. The molecule has 0 aromatic carbocycles.